The summed E-state index contributed by atoms with van der Waals surface area (Å²) in [6.07, 6.45) is -3.36. The van der Waals surface area contributed by atoms with Gasteiger partial charge in [-0.3, -0.25) is 4.90 Å². The molecule has 0 N–H and O–H groups in total. The van der Waals surface area contributed by atoms with Crippen LogP contribution < -0.4 is 4.90 Å². The molecule has 0 atom stereocenters. The Bertz CT molecular complexity index is 1370. The first-order valence-corrected chi connectivity index (χ1v) is 12.0. The second-order valence-electron chi connectivity index (χ2n) is 10.2. The molecule has 12 heteroatoms. The monoisotopic (exact) mass is 529 g/mol. The van der Waals surface area contributed by atoms with Crippen LogP contribution in [0.2, 0.25) is 0 Å². The van der Waals surface area contributed by atoms with Crippen LogP contribution in [0.3, 0.4) is 0 Å². The van der Waals surface area contributed by atoms with Crippen LogP contribution in [0, 0.1) is 5.82 Å². The summed E-state index contributed by atoms with van der Waals surface area (Å²) < 4.78 is 51.0. The van der Waals surface area contributed by atoms with Crippen LogP contribution in [0.25, 0.3) is 11.5 Å². The SMILES string of the molecule is CC(C)(C)OC(=O)N1CC(N2Cc3ccccc3N(Cc3ccc(-c4nnc(C(F)F)o4)cc3F)C2=O)C1. The highest BCUT2D eigenvalue weighted by atomic mass is 19.3. The Morgan fingerprint density at radius 1 is 1.16 bits per heavy atom. The number of ether oxygens (including phenoxy) is 1. The van der Waals surface area contributed by atoms with E-state index in [0.29, 0.717) is 25.3 Å². The van der Waals surface area contributed by atoms with Crippen LogP contribution in [-0.4, -0.2) is 56.9 Å². The third kappa shape index (κ3) is 5.02. The number of benzene rings is 2. The van der Waals surface area contributed by atoms with Gasteiger partial charge in [-0.2, -0.15) is 8.78 Å². The van der Waals surface area contributed by atoms with Gasteiger partial charge in [0.05, 0.1) is 18.3 Å². The average Bonchev–Trinajstić information content (AvgIpc) is 3.31. The van der Waals surface area contributed by atoms with Gasteiger partial charge in [-0.15, -0.1) is 10.2 Å². The first-order chi connectivity index (χ1) is 18.0. The minimum atomic E-state index is -2.93. The van der Waals surface area contributed by atoms with Gasteiger partial charge in [0.1, 0.15) is 11.4 Å². The Morgan fingerprint density at radius 3 is 2.55 bits per heavy atom. The highest BCUT2D eigenvalue weighted by molar-refractivity contribution is 5.95. The van der Waals surface area contributed by atoms with E-state index in [-0.39, 0.29) is 35.6 Å². The Kier molecular flexibility index (Phi) is 6.49. The van der Waals surface area contributed by atoms with Crippen LogP contribution >= 0.6 is 0 Å². The van der Waals surface area contributed by atoms with Crippen LogP contribution in [0.1, 0.15) is 44.2 Å². The lowest BCUT2D eigenvalue weighted by Crippen LogP contribution is -2.65. The number of likely N-dealkylation sites (tertiary alicyclic amines) is 1. The minimum Gasteiger partial charge on any atom is -0.444 e. The lowest BCUT2D eigenvalue weighted by Gasteiger charge is -2.48. The number of urea groups is 1. The number of amides is 3. The van der Waals surface area contributed by atoms with Crippen molar-refractivity contribution in [3.05, 3.63) is 65.3 Å². The number of carbonyl (C=O) groups is 2. The summed E-state index contributed by atoms with van der Waals surface area (Å²) in [6, 6.07) is 10.9. The summed E-state index contributed by atoms with van der Waals surface area (Å²) in [6.45, 7) is 6.35. The topological polar surface area (TPSA) is 92.0 Å². The first kappa shape index (κ1) is 25.6. The van der Waals surface area contributed by atoms with Gasteiger partial charge < -0.3 is 19.0 Å². The van der Waals surface area contributed by atoms with Crippen LogP contribution in [0.15, 0.2) is 46.9 Å². The molecule has 2 aliphatic rings. The Hall–Kier alpha value is -4.09. The minimum absolute atomic E-state index is 0.0624. The zero-order valence-electron chi connectivity index (χ0n) is 21.0. The standard InChI is InChI=1S/C26H26F3N5O4/c1-26(2,3)38-25(36)32-13-18(14-32)33-12-17-6-4-5-7-20(17)34(24(33)35)11-16-9-8-15(10-19(16)27)22-30-31-23(37-22)21(28)29/h4-10,18,21H,11-14H2,1-3H3. The van der Waals surface area contributed by atoms with Crippen LogP contribution in [-0.2, 0) is 17.8 Å². The zero-order chi connectivity index (χ0) is 27.2. The van der Waals surface area contributed by atoms with Crippen molar-refractivity contribution >= 4 is 17.8 Å². The second kappa shape index (κ2) is 9.66. The summed E-state index contributed by atoms with van der Waals surface area (Å²) in [5.74, 6) is -1.72. The second-order valence-corrected chi connectivity index (χ2v) is 10.2. The highest BCUT2D eigenvalue weighted by Crippen LogP contribution is 2.34. The zero-order valence-corrected chi connectivity index (χ0v) is 21.0. The van der Waals surface area contributed by atoms with Crippen molar-refractivity contribution in [2.75, 3.05) is 18.0 Å². The maximum atomic E-state index is 15.1. The van der Waals surface area contributed by atoms with E-state index in [4.69, 9.17) is 9.15 Å². The molecule has 0 aliphatic carbocycles. The van der Waals surface area contributed by atoms with Crippen molar-refractivity contribution in [1.29, 1.82) is 0 Å². The quantitative estimate of drug-likeness (QED) is 0.441. The maximum Gasteiger partial charge on any atom is 0.410 e. The van der Waals surface area contributed by atoms with E-state index in [1.54, 1.807) is 42.7 Å². The number of carbonyl (C=O) groups excluding carboxylic acids is 2. The molecule has 0 spiro atoms. The average molecular weight is 530 g/mol. The Labute approximate surface area is 216 Å². The summed E-state index contributed by atoms with van der Waals surface area (Å²) in [5.41, 5.74) is 1.31. The van der Waals surface area contributed by atoms with Crippen molar-refractivity contribution in [2.24, 2.45) is 0 Å². The molecule has 0 saturated carbocycles. The van der Waals surface area contributed by atoms with E-state index in [2.05, 4.69) is 10.2 Å². The molecule has 200 valence electrons. The lowest BCUT2D eigenvalue weighted by molar-refractivity contribution is -0.00959. The molecular weight excluding hydrogens is 503 g/mol. The van der Waals surface area contributed by atoms with Gasteiger partial charge >= 0.3 is 18.5 Å². The first-order valence-electron chi connectivity index (χ1n) is 12.0. The number of para-hydroxylation sites is 1. The molecule has 3 heterocycles. The predicted molar refractivity (Wildman–Crippen MR) is 130 cm³/mol. The summed E-state index contributed by atoms with van der Waals surface area (Å²) in [7, 11) is 0. The number of rotatable bonds is 5. The molecule has 0 radical (unpaired) electrons. The van der Waals surface area contributed by atoms with Crippen molar-refractivity contribution < 1.29 is 31.9 Å². The van der Waals surface area contributed by atoms with E-state index in [1.165, 1.54) is 17.0 Å². The van der Waals surface area contributed by atoms with Gasteiger partial charge in [0.15, 0.2) is 0 Å². The third-order valence-electron chi connectivity index (χ3n) is 6.31. The number of fused-ring (bicyclic) bond motifs is 1. The Balaban J connectivity index is 1.34. The van der Waals surface area contributed by atoms with Gasteiger partial charge in [0.25, 0.3) is 5.89 Å². The van der Waals surface area contributed by atoms with Crippen LogP contribution in [0.4, 0.5) is 28.4 Å². The van der Waals surface area contributed by atoms with E-state index >= 15 is 4.39 Å². The molecule has 9 nitrogen and oxygen atoms in total. The van der Waals surface area contributed by atoms with E-state index < -0.39 is 29.8 Å². The fraction of sp³-hybridized carbons (Fsp3) is 0.385. The third-order valence-corrected chi connectivity index (χ3v) is 6.31. The van der Waals surface area contributed by atoms with Crippen molar-refractivity contribution in [2.45, 2.75) is 51.9 Å². The Morgan fingerprint density at radius 2 is 1.89 bits per heavy atom. The maximum absolute atomic E-state index is 15.1. The molecule has 2 aromatic carbocycles. The van der Waals surface area contributed by atoms with Crippen molar-refractivity contribution in [3.63, 3.8) is 0 Å². The molecule has 3 amide bonds. The molecule has 0 bridgehead atoms. The van der Waals surface area contributed by atoms with Crippen molar-refractivity contribution in [3.8, 4) is 11.5 Å². The smallest absolute Gasteiger partial charge is 0.410 e. The number of hydrogen-bond acceptors (Lipinski definition) is 6. The van der Waals surface area contributed by atoms with Gasteiger partial charge in [0, 0.05) is 30.8 Å². The molecule has 1 fully saturated rings. The largest absolute Gasteiger partial charge is 0.444 e. The van der Waals surface area contributed by atoms with E-state index in [0.717, 1.165) is 11.6 Å². The molecule has 1 aromatic heterocycles. The van der Waals surface area contributed by atoms with E-state index in [1.807, 2.05) is 12.1 Å². The highest BCUT2D eigenvalue weighted by Gasteiger charge is 2.42. The fourth-order valence-electron chi connectivity index (χ4n) is 4.40. The van der Waals surface area contributed by atoms with Gasteiger partial charge in [-0.05, 0) is 44.5 Å². The number of alkyl halides is 2. The molecular formula is C26H26F3N5O4. The molecule has 38 heavy (non-hydrogen) atoms. The molecule has 3 aromatic rings. The van der Waals surface area contributed by atoms with Crippen LogP contribution in [0.5, 0.6) is 0 Å². The number of hydrogen-bond donors (Lipinski definition) is 0. The van der Waals surface area contributed by atoms with E-state index in [9.17, 15) is 18.4 Å². The molecule has 0 unspecified atom stereocenters. The number of halogens is 3. The number of anilines is 1. The number of nitrogens with zero attached hydrogens (tertiary/aromatic N) is 5. The van der Waals surface area contributed by atoms with Gasteiger partial charge in [-0.1, -0.05) is 24.3 Å². The summed E-state index contributed by atoms with van der Waals surface area (Å²) in [4.78, 5) is 30.7. The predicted octanol–water partition coefficient (Wildman–Crippen LogP) is 5.37. The summed E-state index contributed by atoms with van der Waals surface area (Å²) in [5, 5.41) is 6.81. The van der Waals surface area contributed by atoms with Gasteiger partial charge in [-0.25, -0.2) is 14.0 Å². The molecule has 1 saturated heterocycles. The fourth-order valence-corrected chi connectivity index (χ4v) is 4.40. The molecule has 2 aliphatic heterocycles. The van der Waals surface area contributed by atoms with Gasteiger partial charge in [0.2, 0.25) is 5.89 Å². The molecule has 5 rings (SSSR count). The normalized spacial score (nSPS) is 16.1. The van der Waals surface area contributed by atoms with Crippen molar-refractivity contribution in [1.82, 2.24) is 20.0 Å². The lowest BCUT2D eigenvalue weighted by atomic mass is 10.0. The number of aromatic nitrogens is 2. The summed E-state index contributed by atoms with van der Waals surface area (Å²) >= 11 is 0.